The molecule has 0 aliphatic heterocycles. The van der Waals surface area contributed by atoms with Crippen LogP contribution in [0.1, 0.15) is 20.8 Å². The van der Waals surface area contributed by atoms with Gasteiger partial charge in [-0.25, -0.2) is 0 Å². The molecule has 0 radical (unpaired) electrons. The Morgan fingerprint density at radius 1 is 1.24 bits per heavy atom. The molecule has 0 bridgehead atoms. The number of aromatic carboxylic acids is 1. The molecule has 0 aliphatic carbocycles. The maximum absolute atomic E-state index is 12.0. The first kappa shape index (κ1) is 17.6. The van der Waals surface area contributed by atoms with Crippen molar-refractivity contribution in [3.8, 4) is 0 Å². The minimum atomic E-state index is -1.32. The van der Waals surface area contributed by atoms with Crippen molar-refractivity contribution in [2.75, 3.05) is 38.2 Å². The molecule has 8 heteroatoms. The zero-order valence-electron chi connectivity index (χ0n) is 12.1. The smallest absolute Gasteiger partial charge is 0.280 e. The van der Waals surface area contributed by atoms with E-state index < -0.39 is 5.97 Å². The number of hydrogen-bond acceptors (Lipinski definition) is 6. The molecule has 0 atom stereocenters. The Kier molecular flexibility index (Phi) is 6.76. The van der Waals surface area contributed by atoms with Gasteiger partial charge in [0.25, 0.3) is 5.91 Å². The zero-order valence-corrected chi connectivity index (χ0v) is 12.9. The Bertz CT molecular complexity index is 509. The second-order valence-corrected chi connectivity index (χ2v) is 5.92. The third-order valence-electron chi connectivity index (χ3n) is 3.18. The molecule has 0 aliphatic rings. The molecule has 21 heavy (non-hydrogen) atoms. The van der Waals surface area contributed by atoms with Crippen molar-refractivity contribution in [2.24, 2.45) is 0 Å². The SMILES string of the molecule is Cc1sc(NC(=O)C[NH+](CCO)CCO)c(C(=O)[O-])c1C. The maximum atomic E-state index is 12.0. The van der Waals surface area contributed by atoms with Gasteiger partial charge in [0.15, 0.2) is 6.54 Å². The Hall–Kier alpha value is -1.48. The summed E-state index contributed by atoms with van der Waals surface area (Å²) < 4.78 is 0. The fourth-order valence-corrected chi connectivity index (χ4v) is 3.04. The fraction of sp³-hybridized carbons (Fsp3) is 0.538. The van der Waals surface area contributed by atoms with Crippen LogP contribution in [0.5, 0.6) is 0 Å². The van der Waals surface area contributed by atoms with Crippen molar-refractivity contribution in [1.29, 1.82) is 0 Å². The lowest BCUT2D eigenvalue weighted by molar-refractivity contribution is -0.892. The van der Waals surface area contributed by atoms with Crippen LogP contribution in [0.3, 0.4) is 0 Å². The Morgan fingerprint density at radius 2 is 1.81 bits per heavy atom. The highest BCUT2D eigenvalue weighted by Crippen LogP contribution is 2.31. The van der Waals surface area contributed by atoms with Crippen molar-refractivity contribution in [1.82, 2.24) is 0 Å². The standard InChI is InChI=1S/C13H20N2O5S/c1-8-9(2)21-12(11(8)13(19)20)14-10(18)7-15(3-5-16)4-6-17/h16-17H,3-7H2,1-2H3,(H,14,18)(H,19,20). The summed E-state index contributed by atoms with van der Waals surface area (Å²) in [4.78, 5) is 24.6. The molecule has 1 heterocycles. The van der Waals surface area contributed by atoms with E-state index >= 15 is 0 Å². The van der Waals surface area contributed by atoms with Crippen molar-refractivity contribution < 1.29 is 29.8 Å². The van der Waals surface area contributed by atoms with Crippen LogP contribution in [0.4, 0.5) is 5.00 Å². The highest BCUT2D eigenvalue weighted by atomic mass is 32.1. The summed E-state index contributed by atoms with van der Waals surface area (Å²) in [6, 6.07) is 0. The van der Waals surface area contributed by atoms with E-state index in [0.29, 0.717) is 18.7 Å². The maximum Gasteiger partial charge on any atom is 0.280 e. The van der Waals surface area contributed by atoms with Crippen LogP contribution >= 0.6 is 11.3 Å². The molecule has 118 valence electrons. The van der Waals surface area contributed by atoms with Crippen molar-refractivity contribution in [3.63, 3.8) is 0 Å². The number of hydrogen-bond donors (Lipinski definition) is 4. The lowest BCUT2D eigenvalue weighted by Crippen LogP contribution is -3.14. The van der Waals surface area contributed by atoms with Crippen LogP contribution in [0.15, 0.2) is 0 Å². The van der Waals surface area contributed by atoms with Gasteiger partial charge in [0.2, 0.25) is 0 Å². The Labute approximate surface area is 126 Å². The Balaban J connectivity index is 2.79. The number of quaternary nitrogens is 1. The first-order chi connectivity index (χ1) is 9.90. The minimum Gasteiger partial charge on any atom is -0.545 e. The van der Waals surface area contributed by atoms with Crippen LogP contribution in [-0.4, -0.2) is 54.9 Å². The summed E-state index contributed by atoms with van der Waals surface area (Å²) in [7, 11) is 0. The zero-order chi connectivity index (χ0) is 16.0. The predicted octanol–water partition coefficient (Wildman–Crippen LogP) is -2.46. The first-order valence-corrected chi connectivity index (χ1v) is 7.38. The number of nitrogens with one attached hydrogen (secondary N) is 2. The average molecular weight is 316 g/mol. The highest BCUT2D eigenvalue weighted by Gasteiger charge is 2.18. The Morgan fingerprint density at radius 3 is 2.29 bits per heavy atom. The van der Waals surface area contributed by atoms with Gasteiger partial charge < -0.3 is 30.3 Å². The molecular formula is C13H20N2O5S. The van der Waals surface area contributed by atoms with Gasteiger partial charge in [0.1, 0.15) is 18.1 Å². The number of aryl methyl sites for hydroxylation is 1. The molecule has 0 fully saturated rings. The number of carboxylic acid groups (broad SMARTS) is 1. The van der Waals surface area contributed by atoms with E-state index in [2.05, 4.69) is 5.32 Å². The summed E-state index contributed by atoms with van der Waals surface area (Å²) in [6.07, 6.45) is 0. The number of carbonyl (C=O) groups excluding carboxylic acids is 2. The van der Waals surface area contributed by atoms with Crippen LogP contribution < -0.4 is 15.3 Å². The molecule has 0 aromatic carbocycles. The molecule has 1 aromatic heterocycles. The van der Waals surface area contributed by atoms with Crippen LogP contribution in [-0.2, 0) is 4.79 Å². The van der Waals surface area contributed by atoms with Crippen LogP contribution in [0.2, 0.25) is 0 Å². The van der Waals surface area contributed by atoms with E-state index in [1.807, 2.05) is 0 Å². The number of aliphatic hydroxyl groups excluding tert-OH is 2. The van der Waals surface area contributed by atoms with E-state index in [1.54, 1.807) is 13.8 Å². The third kappa shape index (κ3) is 4.78. The molecule has 0 saturated carbocycles. The summed E-state index contributed by atoms with van der Waals surface area (Å²) >= 11 is 1.19. The summed E-state index contributed by atoms with van der Waals surface area (Å²) in [6.45, 7) is 3.98. The van der Waals surface area contributed by atoms with E-state index in [4.69, 9.17) is 10.2 Å². The van der Waals surface area contributed by atoms with Gasteiger partial charge in [-0.3, -0.25) is 4.79 Å². The number of aliphatic hydroxyl groups is 2. The average Bonchev–Trinajstić information content (AvgIpc) is 2.65. The topological polar surface area (TPSA) is 114 Å². The number of anilines is 1. The number of rotatable bonds is 8. The van der Waals surface area contributed by atoms with Gasteiger partial charge in [-0.2, -0.15) is 0 Å². The van der Waals surface area contributed by atoms with E-state index in [1.165, 1.54) is 11.3 Å². The summed E-state index contributed by atoms with van der Waals surface area (Å²) in [5.74, 6) is -1.68. The van der Waals surface area contributed by atoms with E-state index in [-0.39, 0.29) is 36.2 Å². The largest absolute Gasteiger partial charge is 0.545 e. The molecule has 0 saturated heterocycles. The molecule has 0 unspecified atom stereocenters. The van der Waals surface area contributed by atoms with Gasteiger partial charge in [-0.1, -0.05) is 0 Å². The summed E-state index contributed by atoms with van der Waals surface area (Å²) in [5.41, 5.74) is 0.599. The molecule has 4 N–H and O–H groups in total. The lowest BCUT2D eigenvalue weighted by Gasteiger charge is -2.17. The number of thiophene rings is 1. The van der Waals surface area contributed by atoms with Gasteiger partial charge in [-0.15, -0.1) is 11.3 Å². The molecule has 7 nitrogen and oxygen atoms in total. The number of carbonyl (C=O) groups is 2. The van der Waals surface area contributed by atoms with Crippen LogP contribution in [0.25, 0.3) is 0 Å². The molecule has 0 spiro atoms. The number of amides is 1. The van der Waals surface area contributed by atoms with E-state index in [0.717, 1.165) is 9.78 Å². The van der Waals surface area contributed by atoms with Gasteiger partial charge >= 0.3 is 0 Å². The highest BCUT2D eigenvalue weighted by molar-refractivity contribution is 7.16. The summed E-state index contributed by atoms with van der Waals surface area (Å²) in [5, 5.41) is 31.8. The monoisotopic (exact) mass is 316 g/mol. The lowest BCUT2D eigenvalue weighted by atomic mass is 10.1. The minimum absolute atomic E-state index is 0.0108. The third-order valence-corrected chi connectivity index (χ3v) is 4.31. The van der Waals surface area contributed by atoms with Crippen molar-refractivity contribution in [2.45, 2.75) is 13.8 Å². The van der Waals surface area contributed by atoms with Gasteiger partial charge in [-0.05, 0) is 19.4 Å². The van der Waals surface area contributed by atoms with Gasteiger partial charge in [0, 0.05) is 10.4 Å². The van der Waals surface area contributed by atoms with Crippen molar-refractivity contribution in [3.05, 3.63) is 16.0 Å². The predicted molar refractivity (Wildman–Crippen MR) is 76.5 cm³/mol. The molecular weight excluding hydrogens is 296 g/mol. The van der Waals surface area contributed by atoms with E-state index in [9.17, 15) is 14.7 Å². The number of carboxylic acids is 1. The second kappa shape index (κ2) is 8.08. The normalized spacial score (nSPS) is 10.9. The first-order valence-electron chi connectivity index (χ1n) is 6.57. The van der Waals surface area contributed by atoms with Crippen molar-refractivity contribution >= 4 is 28.2 Å². The quantitative estimate of drug-likeness (QED) is 0.425. The molecule has 1 rings (SSSR count). The van der Waals surface area contributed by atoms with Gasteiger partial charge in [0.05, 0.1) is 19.2 Å². The molecule has 1 amide bonds. The van der Waals surface area contributed by atoms with Crippen LogP contribution in [0, 0.1) is 13.8 Å². The molecule has 1 aromatic rings. The fourth-order valence-electron chi connectivity index (χ4n) is 1.98. The second-order valence-electron chi connectivity index (χ2n) is 4.70.